The van der Waals surface area contributed by atoms with Gasteiger partial charge in [0.25, 0.3) is 0 Å². The number of phenolic OH excluding ortho intramolecular Hbond substituents is 1. The third-order valence-electron chi connectivity index (χ3n) is 12.4. The SMILES string of the molecule is C#Cc1c(F)ccc2cc(O)cc(-c3nc(OC)c4c(N5CCOC[C@@](C)(O)C5)nc(OC5CCCC[C@]6(C)[C@@H]5CCCN6CC5CCCOC5)nc4c3F)c12. The Hall–Kier alpha value is -4.35. The third kappa shape index (κ3) is 7.21. The molecule has 2 aromatic heterocycles. The molecule has 5 atom stereocenters. The average molecular weight is 772 g/mol. The fraction of sp³-hybridized carbons (Fsp3) is 0.558. The molecule has 13 heteroatoms. The first-order valence-corrected chi connectivity index (χ1v) is 19.9. The summed E-state index contributed by atoms with van der Waals surface area (Å²) in [5, 5.41) is 22.8. The number of ether oxygens (including phenoxy) is 4. The summed E-state index contributed by atoms with van der Waals surface area (Å²) in [4.78, 5) is 18.9. The van der Waals surface area contributed by atoms with Gasteiger partial charge in [-0.25, -0.2) is 13.8 Å². The summed E-state index contributed by atoms with van der Waals surface area (Å²) < 4.78 is 57.0. The van der Waals surface area contributed by atoms with Crippen molar-refractivity contribution in [3.8, 4) is 41.2 Å². The first-order chi connectivity index (χ1) is 27.0. The summed E-state index contributed by atoms with van der Waals surface area (Å²) in [6, 6.07) is 5.43. The lowest BCUT2D eigenvalue weighted by Gasteiger charge is -2.52. The van der Waals surface area contributed by atoms with E-state index in [4.69, 9.17) is 35.3 Å². The van der Waals surface area contributed by atoms with Gasteiger partial charge in [0, 0.05) is 42.1 Å². The maximum Gasteiger partial charge on any atom is 0.319 e. The van der Waals surface area contributed by atoms with E-state index >= 15 is 8.78 Å². The molecule has 56 heavy (non-hydrogen) atoms. The quantitative estimate of drug-likeness (QED) is 0.197. The molecule has 5 heterocycles. The van der Waals surface area contributed by atoms with Crippen molar-refractivity contribution in [2.24, 2.45) is 11.8 Å². The van der Waals surface area contributed by atoms with Crippen molar-refractivity contribution in [3.63, 3.8) is 0 Å². The Bertz CT molecular complexity index is 2160. The molecule has 0 radical (unpaired) electrons. The first-order valence-electron chi connectivity index (χ1n) is 19.9. The zero-order chi connectivity index (χ0) is 39.2. The van der Waals surface area contributed by atoms with Crippen LogP contribution in [0.1, 0.15) is 70.8 Å². The molecule has 3 saturated heterocycles. The smallest absolute Gasteiger partial charge is 0.319 e. The molecule has 0 bridgehead atoms. The average Bonchev–Trinajstić information content (AvgIpc) is 3.47. The molecule has 4 fully saturated rings. The van der Waals surface area contributed by atoms with Crippen LogP contribution in [0.15, 0.2) is 24.3 Å². The Labute approximate surface area is 326 Å². The highest BCUT2D eigenvalue weighted by atomic mass is 19.1. The zero-order valence-electron chi connectivity index (χ0n) is 32.5. The number of aromatic nitrogens is 3. The second kappa shape index (κ2) is 15.5. The van der Waals surface area contributed by atoms with E-state index in [1.54, 1.807) is 6.92 Å². The van der Waals surface area contributed by atoms with Crippen molar-refractivity contribution < 1.29 is 37.9 Å². The fourth-order valence-electron chi connectivity index (χ4n) is 9.75. The van der Waals surface area contributed by atoms with E-state index in [1.165, 1.54) is 37.8 Å². The lowest BCUT2D eigenvalue weighted by molar-refractivity contribution is -0.0629. The van der Waals surface area contributed by atoms with Gasteiger partial charge in [-0.15, -0.1) is 6.42 Å². The molecule has 0 amide bonds. The maximum atomic E-state index is 17.5. The molecule has 4 aliphatic rings. The van der Waals surface area contributed by atoms with Gasteiger partial charge in [-0.2, -0.15) is 9.97 Å². The normalized spacial score (nSPS) is 27.7. The van der Waals surface area contributed by atoms with E-state index in [0.717, 1.165) is 71.2 Å². The standard InChI is InChI=1S/C43H51F2N5O6/c1-5-29-32(44)14-13-27-20-28(51)21-30(34(27)29)37-36(45)38-35(40(46-37)53-4)39(49-17-19-55-25-42(2,52)24-49)48-41(47-38)56-33-12-6-7-15-43(3)31(33)11-8-16-50(43)22-26-10-9-18-54-23-26/h1,13-14,20-21,26,31,33,51-52H,6-12,15-19,22-25H2,2-4H3/t26?,31-,33?,42+,43-/m1/s1. The zero-order valence-corrected chi connectivity index (χ0v) is 32.5. The number of fused-ring (bicyclic) bond motifs is 3. The number of halogens is 2. The van der Waals surface area contributed by atoms with Crippen molar-refractivity contribution >= 4 is 27.5 Å². The van der Waals surface area contributed by atoms with Crippen LogP contribution < -0.4 is 14.4 Å². The molecule has 2 unspecified atom stereocenters. The van der Waals surface area contributed by atoms with Crippen molar-refractivity contribution in [3.05, 3.63) is 41.5 Å². The monoisotopic (exact) mass is 771 g/mol. The van der Waals surface area contributed by atoms with Crippen LogP contribution in [0.3, 0.4) is 0 Å². The largest absolute Gasteiger partial charge is 0.508 e. The Balaban J connectivity index is 1.28. The summed E-state index contributed by atoms with van der Waals surface area (Å²) in [5.41, 5.74) is -1.75. The number of methoxy groups -OCH3 is 1. The van der Waals surface area contributed by atoms with Crippen molar-refractivity contribution in [1.29, 1.82) is 0 Å². The lowest BCUT2D eigenvalue weighted by Crippen LogP contribution is -2.59. The first kappa shape index (κ1) is 38.5. The highest BCUT2D eigenvalue weighted by Crippen LogP contribution is 2.46. The van der Waals surface area contributed by atoms with Crippen molar-refractivity contribution in [2.75, 3.05) is 64.6 Å². The number of aromatic hydroxyl groups is 1. The van der Waals surface area contributed by atoms with E-state index in [-0.39, 0.29) is 93.9 Å². The van der Waals surface area contributed by atoms with Gasteiger partial charge in [0.1, 0.15) is 45.7 Å². The third-order valence-corrected chi connectivity index (χ3v) is 12.4. The number of anilines is 1. The fourth-order valence-corrected chi connectivity index (χ4v) is 9.75. The van der Waals surface area contributed by atoms with Crippen LogP contribution in [-0.2, 0) is 9.47 Å². The summed E-state index contributed by atoms with van der Waals surface area (Å²) in [5.74, 6) is 1.65. The Kier molecular flexibility index (Phi) is 10.7. The van der Waals surface area contributed by atoms with Crippen LogP contribution in [0, 0.1) is 35.8 Å². The summed E-state index contributed by atoms with van der Waals surface area (Å²) >= 11 is 0. The molecule has 2 aromatic carbocycles. The molecule has 8 rings (SSSR count). The van der Waals surface area contributed by atoms with E-state index in [2.05, 4.69) is 22.7 Å². The van der Waals surface area contributed by atoms with Crippen molar-refractivity contribution in [1.82, 2.24) is 19.9 Å². The van der Waals surface area contributed by atoms with Gasteiger partial charge >= 0.3 is 6.01 Å². The number of hydrogen-bond acceptors (Lipinski definition) is 11. The van der Waals surface area contributed by atoms with E-state index in [1.807, 2.05) is 4.90 Å². The molecular formula is C43H51F2N5O6. The van der Waals surface area contributed by atoms with Crippen LogP contribution in [0.25, 0.3) is 32.9 Å². The maximum absolute atomic E-state index is 17.5. The predicted octanol–water partition coefficient (Wildman–Crippen LogP) is 6.63. The minimum absolute atomic E-state index is 0.00131. The van der Waals surface area contributed by atoms with Crippen LogP contribution in [0.4, 0.5) is 14.6 Å². The minimum Gasteiger partial charge on any atom is -0.508 e. The molecular weight excluding hydrogens is 720 g/mol. The molecule has 4 aromatic rings. The van der Waals surface area contributed by atoms with Gasteiger partial charge in [-0.05, 0) is 94.8 Å². The number of rotatable bonds is 7. The van der Waals surface area contributed by atoms with Crippen LogP contribution in [-0.4, -0.2) is 107 Å². The Morgan fingerprint density at radius 2 is 1.86 bits per heavy atom. The Morgan fingerprint density at radius 1 is 1.00 bits per heavy atom. The van der Waals surface area contributed by atoms with Gasteiger partial charge < -0.3 is 34.1 Å². The highest BCUT2D eigenvalue weighted by Gasteiger charge is 2.48. The number of piperidine rings is 1. The second-order valence-corrected chi connectivity index (χ2v) is 16.5. The summed E-state index contributed by atoms with van der Waals surface area (Å²) in [7, 11) is 1.41. The number of aliphatic hydroxyl groups is 1. The number of benzene rings is 2. The van der Waals surface area contributed by atoms with Gasteiger partial charge in [-0.3, -0.25) is 4.90 Å². The highest BCUT2D eigenvalue weighted by molar-refractivity contribution is 6.04. The van der Waals surface area contributed by atoms with Gasteiger partial charge in [0.15, 0.2) is 5.82 Å². The molecule has 1 saturated carbocycles. The summed E-state index contributed by atoms with van der Waals surface area (Å²) in [6.45, 7) is 8.55. The number of pyridine rings is 1. The molecule has 2 N–H and O–H groups in total. The predicted molar refractivity (Wildman–Crippen MR) is 209 cm³/mol. The molecule has 298 valence electrons. The number of likely N-dealkylation sites (tertiary alicyclic amines) is 1. The lowest BCUT2D eigenvalue weighted by atomic mass is 9.72. The second-order valence-electron chi connectivity index (χ2n) is 16.5. The summed E-state index contributed by atoms with van der Waals surface area (Å²) in [6.07, 6.45) is 13.7. The molecule has 11 nitrogen and oxygen atoms in total. The Morgan fingerprint density at radius 3 is 2.64 bits per heavy atom. The van der Waals surface area contributed by atoms with E-state index < -0.39 is 17.2 Å². The van der Waals surface area contributed by atoms with Crippen LogP contribution in [0.5, 0.6) is 17.6 Å². The number of β-amino-alcohol motifs (C(OH)–C–C–N with tert-alkyl or cyclic N) is 1. The number of nitrogens with zero attached hydrogens (tertiary/aromatic N) is 5. The number of phenols is 1. The van der Waals surface area contributed by atoms with Gasteiger partial charge in [0.2, 0.25) is 5.88 Å². The van der Waals surface area contributed by atoms with E-state index in [9.17, 15) is 10.2 Å². The van der Waals surface area contributed by atoms with Crippen LogP contribution in [0.2, 0.25) is 0 Å². The van der Waals surface area contributed by atoms with Gasteiger partial charge in [0.05, 0.1) is 39.0 Å². The van der Waals surface area contributed by atoms with Crippen molar-refractivity contribution in [2.45, 2.75) is 82.5 Å². The molecule has 1 aliphatic carbocycles. The van der Waals surface area contributed by atoms with Gasteiger partial charge in [-0.1, -0.05) is 18.4 Å². The molecule has 3 aliphatic heterocycles. The number of terminal acetylenes is 1. The number of hydrogen-bond donors (Lipinski definition) is 2. The van der Waals surface area contributed by atoms with Crippen LogP contribution >= 0.6 is 0 Å². The topological polar surface area (TPSA) is 123 Å². The van der Waals surface area contributed by atoms with E-state index in [0.29, 0.717) is 17.8 Å². The minimum atomic E-state index is -1.25. The molecule has 0 spiro atoms.